The van der Waals surface area contributed by atoms with Crippen LogP contribution in [0.3, 0.4) is 0 Å². The van der Waals surface area contributed by atoms with Crippen molar-refractivity contribution in [3.8, 4) is 11.8 Å². The fourth-order valence-electron chi connectivity index (χ4n) is 2.48. The van der Waals surface area contributed by atoms with Gasteiger partial charge in [0.25, 0.3) is 5.91 Å². The Morgan fingerprint density at radius 3 is 3.00 bits per heavy atom. The van der Waals surface area contributed by atoms with Crippen LogP contribution in [0.2, 0.25) is 0 Å². The SMILES string of the molecule is Cc1ccc(C#CCCO)c(C(=O)NC2CCN(C)C2)c1. The number of benzene rings is 1. The summed E-state index contributed by atoms with van der Waals surface area (Å²) in [6.07, 6.45) is 1.40. The topological polar surface area (TPSA) is 52.6 Å². The van der Waals surface area contributed by atoms with Crippen LogP contribution in [-0.2, 0) is 0 Å². The van der Waals surface area contributed by atoms with E-state index in [9.17, 15) is 4.79 Å². The molecule has 1 saturated heterocycles. The van der Waals surface area contributed by atoms with Gasteiger partial charge in [-0.3, -0.25) is 4.79 Å². The summed E-state index contributed by atoms with van der Waals surface area (Å²) in [5.41, 5.74) is 2.38. The molecule has 0 radical (unpaired) electrons. The summed E-state index contributed by atoms with van der Waals surface area (Å²) in [6.45, 7) is 3.91. The number of likely N-dealkylation sites (N-methyl/N-ethyl adjacent to an activating group) is 1. The lowest BCUT2D eigenvalue weighted by molar-refractivity contribution is 0.0938. The summed E-state index contributed by atoms with van der Waals surface area (Å²) < 4.78 is 0. The minimum Gasteiger partial charge on any atom is -0.395 e. The molecule has 0 bridgehead atoms. The smallest absolute Gasteiger partial charge is 0.252 e. The molecule has 1 heterocycles. The van der Waals surface area contributed by atoms with Crippen LogP contribution in [0.4, 0.5) is 0 Å². The predicted octanol–water partition coefficient (Wildman–Crippen LogP) is 1.16. The number of nitrogens with zero attached hydrogens (tertiary/aromatic N) is 1. The van der Waals surface area contributed by atoms with Crippen LogP contribution < -0.4 is 5.32 Å². The molecule has 2 N–H and O–H groups in total. The van der Waals surface area contributed by atoms with Gasteiger partial charge in [-0.25, -0.2) is 0 Å². The molecule has 0 aromatic heterocycles. The van der Waals surface area contributed by atoms with Gasteiger partial charge in [0.2, 0.25) is 0 Å². The summed E-state index contributed by atoms with van der Waals surface area (Å²) >= 11 is 0. The molecule has 1 unspecified atom stereocenters. The molecule has 0 spiro atoms. The Morgan fingerprint density at radius 2 is 2.33 bits per heavy atom. The summed E-state index contributed by atoms with van der Waals surface area (Å²) in [7, 11) is 2.06. The summed E-state index contributed by atoms with van der Waals surface area (Å²) in [6, 6.07) is 5.90. The maximum Gasteiger partial charge on any atom is 0.252 e. The number of amides is 1. The molecule has 21 heavy (non-hydrogen) atoms. The molecule has 2 rings (SSSR count). The highest BCUT2D eigenvalue weighted by atomic mass is 16.2. The molecule has 1 aliphatic heterocycles. The molecule has 1 aromatic carbocycles. The van der Waals surface area contributed by atoms with E-state index >= 15 is 0 Å². The molecule has 1 aliphatic rings. The third kappa shape index (κ3) is 4.32. The highest BCUT2D eigenvalue weighted by Crippen LogP contribution is 2.13. The summed E-state index contributed by atoms with van der Waals surface area (Å²) in [5, 5.41) is 11.9. The average Bonchev–Trinajstić information content (AvgIpc) is 2.86. The van der Waals surface area contributed by atoms with Crippen LogP contribution in [0.5, 0.6) is 0 Å². The summed E-state index contributed by atoms with van der Waals surface area (Å²) in [5.74, 6) is 5.79. The van der Waals surface area contributed by atoms with E-state index < -0.39 is 0 Å². The van der Waals surface area contributed by atoms with E-state index in [4.69, 9.17) is 5.11 Å². The Hall–Kier alpha value is -1.83. The van der Waals surface area contributed by atoms with Crippen molar-refractivity contribution in [2.24, 2.45) is 0 Å². The zero-order valence-electron chi connectivity index (χ0n) is 12.6. The fourth-order valence-corrected chi connectivity index (χ4v) is 2.48. The van der Waals surface area contributed by atoms with Gasteiger partial charge in [0.1, 0.15) is 0 Å². The largest absolute Gasteiger partial charge is 0.395 e. The van der Waals surface area contributed by atoms with E-state index in [0.717, 1.165) is 30.6 Å². The number of carbonyl (C=O) groups excluding carboxylic acids is 1. The molecule has 1 fully saturated rings. The van der Waals surface area contributed by atoms with Crippen molar-refractivity contribution in [3.05, 3.63) is 34.9 Å². The maximum absolute atomic E-state index is 12.5. The second kappa shape index (κ2) is 7.26. The zero-order chi connectivity index (χ0) is 15.2. The van der Waals surface area contributed by atoms with Crippen molar-refractivity contribution in [1.82, 2.24) is 10.2 Å². The van der Waals surface area contributed by atoms with Crippen LogP contribution >= 0.6 is 0 Å². The van der Waals surface area contributed by atoms with Crippen molar-refractivity contribution in [2.45, 2.75) is 25.8 Å². The Kier molecular flexibility index (Phi) is 5.38. The van der Waals surface area contributed by atoms with Gasteiger partial charge in [-0.2, -0.15) is 0 Å². The van der Waals surface area contributed by atoms with Gasteiger partial charge < -0.3 is 15.3 Å². The van der Waals surface area contributed by atoms with Crippen LogP contribution in [-0.4, -0.2) is 48.7 Å². The number of hydrogen-bond acceptors (Lipinski definition) is 3. The van der Waals surface area contributed by atoms with Crippen molar-refractivity contribution >= 4 is 5.91 Å². The van der Waals surface area contributed by atoms with Crippen LogP contribution in [0.25, 0.3) is 0 Å². The van der Waals surface area contributed by atoms with E-state index in [2.05, 4.69) is 29.1 Å². The Labute approximate surface area is 126 Å². The van der Waals surface area contributed by atoms with E-state index in [0.29, 0.717) is 12.0 Å². The minimum absolute atomic E-state index is 0.0365. The standard InChI is InChI=1S/C17H22N2O2/c1-13-6-7-14(5-3-4-10-20)16(11-13)17(21)18-15-8-9-19(2)12-15/h6-7,11,15,20H,4,8-10,12H2,1-2H3,(H,18,21). The van der Waals surface area contributed by atoms with Crippen molar-refractivity contribution in [1.29, 1.82) is 0 Å². The maximum atomic E-state index is 12.5. The molecule has 4 nitrogen and oxygen atoms in total. The number of rotatable bonds is 3. The van der Waals surface area contributed by atoms with Gasteiger partial charge in [-0.05, 0) is 39.1 Å². The lowest BCUT2D eigenvalue weighted by Crippen LogP contribution is -2.36. The first kappa shape index (κ1) is 15.6. The predicted molar refractivity (Wildman–Crippen MR) is 83.1 cm³/mol. The lowest BCUT2D eigenvalue weighted by atomic mass is 10.0. The Morgan fingerprint density at radius 1 is 1.52 bits per heavy atom. The molecule has 1 aromatic rings. The fraction of sp³-hybridized carbons (Fsp3) is 0.471. The molecule has 1 atom stereocenters. The number of likely N-dealkylation sites (tertiary alicyclic amines) is 1. The normalized spacial score (nSPS) is 18.1. The molecule has 112 valence electrons. The number of hydrogen-bond donors (Lipinski definition) is 2. The zero-order valence-corrected chi connectivity index (χ0v) is 12.6. The minimum atomic E-state index is -0.0627. The second-order valence-electron chi connectivity index (χ2n) is 5.55. The summed E-state index contributed by atoms with van der Waals surface area (Å²) in [4.78, 5) is 14.7. The van der Waals surface area contributed by atoms with Gasteiger partial charge in [0, 0.05) is 24.6 Å². The molecule has 0 saturated carbocycles. The molecule has 0 aliphatic carbocycles. The van der Waals surface area contributed by atoms with Gasteiger partial charge in [-0.15, -0.1) is 0 Å². The Balaban J connectivity index is 2.15. The first-order valence-electron chi connectivity index (χ1n) is 7.30. The third-order valence-electron chi connectivity index (χ3n) is 3.61. The first-order chi connectivity index (χ1) is 10.1. The highest BCUT2D eigenvalue weighted by Gasteiger charge is 2.22. The molecule has 4 heteroatoms. The Bertz CT molecular complexity index is 572. The van der Waals surface area contributed by atoms with E-state index in [1.165, 1.54) is 0 Å². The lowest BCUT2D eigenvalue weighted by Gasteiger charge is -2.14. The van der Waals surface area contributed by atoms with E-state index in [1.807, 2.05) is 25.1 Å². The van der Waals surface area contributed by atoms with Gasteiger partial charge in [0.15, 0.2) is 0 Å². The van der Waals surface area contributed by atoms with Crippen molar-refractivity contribution < 1.29 is 9.90 Å². The van der Waals surface area contributed by atoms with Crippen molar-refractivity contribution in [2.75, 3.05) is 26.7 Å². The monoisotopic (exact) mass is 286 g/mol. The van der Waals surface area contributed by atoms with Crippen molar-refractivity contribution in [3.63, 3.8) is 0 Å². The number of aryl methyl sites for hydroxylation is 1. The number of nitrogens with one attached hydrogen (secondary N) is 1. The molecule has 1 amide bonds. The average molecular weight is 286 g/mol. The second-order valence-corrected chi connectivity index (χ2v) is 5.55. The highest BCUT2D eigenvalue weighted by molar-refractivity contribution is 5.97. The quantitative estimate of drug-likeness (QED) is 0.820. The molecular formula is C17H22N2O2. The van der Waals surface area contributed by atoms with Crippen LogP contribution in [0.15, 0.2) is 18.2 Å². The number of carbonyl (C=O) groups is 1. The first-order valence-corrected chi connectivity index (χ1v) is 7.30. The number of aliphatic hydroxyl groups is 1. The van der Waals surface area contributed by atoms with Crippen LogP contribution in [0, 0.1) is 18.8 Å². The van der Waals surface area contributed by atoms with Gasteiger partial charge >= 0.3 is 0 Å². The van der Waals surface area contributed by atoms with Gasteiger partial charge in [-0.1, -0.05) is 23.5 Å². The van der Waals surface area contributed by atoms with E-state index in [-0.39, 0.29) is 18.6 Å². The number of aliphatic hydroxyl groups excluding tert-OH is 1. The third-order valence-corrected chi connectivity index (χ3v) is 3.61. The van der Waals surface area contributed by atoms with Crippen LogP contribution in [0.1, 0.15) is 34.3 Å². The van der Waals surface area contributed by atoms with E-state index in [1.54, 1.807) is 0 Å². The molecular weight excluding hydrogens is 264 g/mol. The van der Waals surface area contributed by atoms with Gasteiger partial charge in [0.05, 0.1) is 12.2 Å².